The Morgan fingerprint density at radius 3 is 2.77 bits per heavy atom. The van der Waals surface area contributed by atoms with Gasteiger partial charge in [0.15, 0.2) is 6.29 Å². The van der Waals surface area contributed by atoms with Crippen molar-refractivity contribution in [3.05, 3.63) is 23.3 Å². The monoisotopic (exact) mass is 305 g/mol. The summed E-state index contributed by atoms with van der Waals surface area (Å²) in [6, 6.07) is 3.50. The van der Waals surface area contributed by atoms with Crippen LogP contribution in [0.15, 0.2) is 12.1 Å². The number of ether oxygens (including phenoxy) is 1. The lowest BCUT2D eigenvalue weighted by Crippen LogP contribution is -2.54. The Labute approximate surface area is 130 Å². The minimum Gasteiger partial charge on any atom is -0.507 e. The third-order valence-electron chi connectivity index (χ3n) is 3.76. The summed E-state index contributed by atoms with van der Waals surface area (Å²) >= 11 is 0. The molecule has 0 radical (unpaired) electrons. The fourth-order valence-electron chi connectivity index (χ4n) is 2.54. The van der Waals surface area contributed by atoms with Crippen molar-refractivity contribution in [2.45, 2.75) is 25.3 Å². The molecule has 6 nitrogen and oxygen atoms in total. The van der Waals surface area contributed by atoms with Gasteiger partial charge in [-0.05, 0) is 18.1 Å². The molecule has 0 saturated carbocycles. The molecule has 0 spiro atoms. The van der Waals surface area contributed by atoms with Gasteiger partial charge >= 0.3 is 5.97 Å². The summed E-state index contributed by atoms with van der Waals surface area (Å²) in [7, 11) is 2.00. The van der Waals surface area contributed by atoms with E-state index in [0.717, 1.165) is 11.9 Å². The Morgan fingerprint density at radius 1 is 1.45 bits per heavy atom. The van der Waals surface area contributed by atoms with Crippen LogP contribution in [0.3, 0.4) is 0 Å². The zero-order valence-electron chi connectivity index (χ0n) is 12.6. The van der Waals surface area contributed by atoms with Crippen molar-refractivity contribution in [1.82, 2.24) is 4.90 Å². The van der Waals surface area contributed by atoms with Gasteiger partial charge in [0.2, 0.25) is 0 Å². The molecule has 1 aromatic carbocycles. The first-order valence-corrected chi connectivity index (χ1v) is 7.46. The van der Waals surface area contributed by atoms with E-state index in [4.69, 9.17) is 9.84 Å². The highest BCUT2D eigenvalue weighted by Gasteiger charge is 2.29. The number of carbonyl (C=O) groups is 2. The molecule has 1 heterocycles. The minimum atomic E-state index is -0.816. The number of carboxylic acids is 1. The maximum absolute atomic E-state index is 11.2. The van der Waals surface area contributed by atoms with Crippen LogP contribution >= 0.6 is 0 Å². The lowest BCUT2D eigenvalue weighted by molar-refractivity contribution is -0.138. The second-order valence-corrected chi connectivity index (χ2v) is 5.50. The molecule has 1 aromatic rings. The minimum absolute atomic E-state index is 0.00333. The largest absolute Gasteiger partial charge is 0.507 e. The molecular formula is C15H20BNO5. The van der Waals surface area contributed by atoms with Crippen molar-refractivity contribution in [2.24, 2.45) is 0 Å². The highest BCUT2D eigenvalue weighted by Crippen LogP contribution is 2.32. The number of phenolic OH excluding ortho intramolecular Hbond substituents is 1. The molecule has 1 fully saturated rings. The van der Waals surface area contributed by atoms with Crippen LogP contribution in [0.25, 0.3) is 0 Å². The molecule has 1 saturated heterocycles. The molecule has 0 unspecified atom stereocenters. The van der Waals surface area contributed by atoms with Gasteiger partial charge in [0.05, 0.1) is 12.0 Å². The van der Waals surface area contributed by atoms with E-state index in [1.165, 1.54) is 0 Å². The molecule has 118 valence electrons. The van der Waals surface area contributed by atoms with Gasteiger partial charge in [-0.15, -0.1) is 0 Å². The van der Waals surface area contributed by atoms with Crippen LogP contribution in [-0.4, -0.2) is 61.0 Å². The zero-order valence-corrected chi connectivity index (χ0v) is 12.6. The van der Waals surface area contributed by atoms with Crippen LogP contribution in [0.2, 0.25) is 6.32 Å². The number of carbonyl (C=O) groups excluding carboxylic acids is 1. The molecule has 7 heteroatoms. The van der Waals surface area contributed by atoms with Gasteiger partial charge in [0.1, 0.15) is 25.4 Å². The van der Waals surface area contributed by atoms with Gasteiger partial charge < -0.3 is 14.9 Å². The summed E-state index contributed by atoms with van der Waals surface area (Å²) in [6.45, 7) is 1.75. The van der Waals surface area contributed by atoms with E-state index in [1.54, 1.807) is 12.1 Å². The fourth-order valence-corrected chi connectivity index (χ4v) is 2.54. The third kappa shape index (κ3) is 3.79. The molecule has 0 amide bonds. The van der Waals surface area contributed by atoms with Crippen LogP contribution in [0, 0.1) is 0 Å². The van der Waals surface area contributed by atoms with Crippen LogP contribution in [0.5, 0.6) is 11.5 Å². The zero-order chi connectivity index (χ0) is 16.1. The summed E-state index contributed by atoms with van der Waals surface area (Å²) in [5.74, 6) is -0.435. The molecule has 0 aromatic heterocycles. The van der Waals surface area contributed by atoms with Gasteiger partial charge in [0.25, 0.3) is 0 Å². The van der Waals surface area contributed by atoms with E-state index in [1.807, 2.05) is 12.7 Å². The van der Waals surface area contributed by atoms with Gasteiger partial charge in [-0.1, -0.05) is 12.4 Å². The van der Waals surface area contributed by atoms with Crippen molar-refractivity contribution < 1.29 is 24.5 Å². The Morgan fingerprint density at radius 2 is 2.18 bits per heavy atom. The van der Waals surface area contributed by atoms with Crippen LogP contribution < -0.4 is 4.74 Å². The number of aliphatic carboxylic acids is 1. The Kier molecular flexibility index (Phi) is 5.43. The van der Waals surface area contributed by atoms with Crippen LogP contribution in [-0.2, 0) is 11.2 Å². The maximum atomic E-state index is 11.2. The number of benzene rings is 1. The first kappa shape index (κ1) is 16.4. The average Bonchev–Trinajstić information content (AvgIpc) is 2.44. The third-order valence-corrected chi connectivity index (χ3v) is 3.76. The summed E-state index contributed by atoms with van der Waals surface area (Å²) in [4.78, 5) is 23.7. The molecular weight excluding hydrogens is 285 g/mol. The van der Waals surface area contributed by atoms with E-state index in [2.05, 4.69) is 0 Å². The van der Waals surface area contributed by atoms with Gasteiger partial charge in [-0.2, -0.15) is 0 Å². The lowest BCUT2D eigenvalue weighted by Gasteiger charge is -2.38. The van der Waals surface area contributed by atoms with E-state index in [9.17, 15) is 14.7 Å². The number of phenols is 1. The molecule has 1 aliphatic rings. The highest BCUT2D eigenvalue weighted by molar-refractivity contribution is 6.08. The van der Waals surface area contributed by atoms with E-state index >= 15 is 0 Å². The first-order chi connectivity index (χ1) is 10.5. The highest BCUT2D eigenvalue weighted by atomic mass is 16.5. The Balaban J connectivity index is 1.95. The summed E-state index contributed by atoms with van der Waals surface area (Å²) in [6.07, 6.45) is 2.24. The SMILES string of the molecule is BCCc1ccc(OC2CN(CCC(=O)O)C2)c(C=O)c1O. The first-order valence-electron chi connectivity index (χ1n) is 7.46. The van der Waals surface area contributed by atoms with Gasteiger partial charge in [0, 0.05) is 19.6 Å². The van der Waals surface area contributed by atoms with Crippen molar-refractivity contribution in [3.63, 3.8) is 0 Å². The van der Waals surface area contributed by atoms with Crippen molar-refractivity contribution in [1.29, 1.82) is 0 Å². The predicted octanol–water partition coefficient (Wildman–Crippen LogP) is 0.336. The van der Waals surface area contributed by atoms with Crippen molar-refractivity contribution >= 4 is 20.1 Å². The predicted molar refractivity (Wildman–Crippen MR) is 83.7 cm³/mol. The van der Waals surface area contributed by atoms with Crippen molar-refractivity contribution in [2.75, 3.05) is 19.6 Å². The normalized spacial score (nSPS) is 15.3. The average molecular weight is 305 g/mol. The van der Waals surface area contributed by atoms with E-state index in [-0.39, 0.29) is 23.8 Å². The fraction of sp³-hybridized carbons (Fsp3) is 0.467. The Hall–Kier alpha value is -2.02. The molecule has 1 aliphatic heterocycles. The van der Waals surface area contributed by atoms with Crippen molar-refractivity contribution in [3.8, 4) is 11.5 Å². The summed E-state index contributed by atoms with van der Waals surface area (Å²) in [5, 5.41) is 18.7. The summed E-state index contributed by atoms with van der Waals surface area (Å²) in [5.41, 5.74) is 0.934. The lowest BCUT2D eigenvalue weighted by atomic mass is 9.95. The van der Waals surface area contributed by atoms with Crippen LogP contribution in [0.4, 0.5) is 0 Å². The number of aryl methyl sites for hydroxylation is 1. The number of aromatic hydroxyl groups is 1. The smallest absolute Gasteiger partial charge is 0.304 e. The van der Waals surface area contributed by atoms with Crippen LogP contribution in [0.1, 0.15) is 22.3 Å². The molecule has 2 N–H and O–H groups in total. The Bertz CT molecular complexity index is 557. The number of rotatable bonds is 8. The molecule has 2 rings (SSSR count). The second kappa shape index (κ2) is 7.31. The van der Waals surface area contributed by atoms with E-state index in [0.29, 0.717) is 38.1 Å². The van der Waals surface area contributed by atoms with Gasteiger partial charge in [-0.3, -0.25) is 14.5 Å². The molecule has 0 bridgehead atoms. The molecule has 0 atom stereocenters. The summed E-state index contributed by atoms with van der Waals surface area (Å²) < 4.78 is 5.74. The maximum Gasteiger partial charge on any atom is 0.304 e. The van der Waals surface area contributed by atoms with Gasteiger partial charge in [-0.25, -0.2) is 0 Å². The molecule has 22 heavy (non-hydrogen) atoms. The second-order valence-electron chi connectivity index (χ2n) is 5.50. The topological polar surface area (TPSA) is 87.1 Å². The number of carboxylic acid groups (broad SMARTS) is 1. The number of hydrogen-bond donors (Lipinski definition) is 2. The molecule has 0 aliphatic carbocycles. The number of nitrogens with zero attached hydrogens (tertiary/aromatic N) is 1. The number of likely N-dealkylation sites (tertiary alicyclic amines) is 1. The quantitative estimate of drug-likeness (QED) is 0.532. The standard InChI is InChI=1S/C15H20BNO5/c16-5-3-10-1-2-13(12(9-18)15(10)21)22-11-7-17(8-11)6-4-14(19)20/h1-2,9,11,21H,3-8,16H2,(H,19,20). The number of hydrogen-bond acceptors (Lipinski definition) is 5. The number of aldehydes is 1. The van der Waals surface area contributed by atoms with E-state index < -0.39 is 5.97 Å².